The molecule has 0 aliphatic carbocycles. The molecule has 0 saturated carbocycles. The molecule has 0 saturated heterocycles. The van der Waals surface area contributed by atoms with Crippen LogP contribution in [-0.2, 0) is 0 Å². The predicted molar refractivity (Wildman–Crippen MR) is 47.1 cm³/mol. The first kappa shape index (κ1) is 10.4. The van der Waals surface area contributed by atoms with Crippen molar-refractivity contribution in [1.82, 2.24) is 0 Å². The van der Waals surface area contributed by atoms with E-state index in [1.807, 2.05) is 13.8 Å². The molecule has 11 heavy (non-hydrogen) atoms. The molecular formula is C10H17F. The van der Waals surface area contributed by atoms with Crippen molar-refractivity contribution in [3.05, 3.63) is 17.1 Å². The van der Waals surface area contributed by atoms with Gasteiger partial charge >= 0.3 is 0 Å². The van der Waals surface area contributed by atoms with Crippen LogP contribution in [0.25, 0.3) is 0 Å². The van der Waals surface area contributed by atoms with E-state index in [-0.39, 0.29) is 5.83 Å². The summed E-state index contributed by atoms with van der Waals surface area (Å²) in [6.45, 7) is 5.83. The van der Waals surface area contributed by atoms with Crippen molar-refractivity contribution in [3.8, 4) is 0 Å². The third-order valence-electron chi connectivity index (χ3n) is 1.39. The van der Waals surface area contributed by atoms with Gasteiger partial charge in [0, 0.05) is 6.42 Å². The largest absolute Gasteiger partial charge is 0.203 e. The molecule has 0 rings (SSSR count). The van der Waals surface area contributed by atoms with Crippen molar-refractivity contribution in [1.29, 1.82) is 0 Å². The maximum absolute atomic E-state index is 12.8. The fourth-order valence-corrected chi connectivity index (χ4v) is 0.864. The lowest BCUT2D eigenvalue weighted by Crippen LogP contribution is -1.75. The number of allylic oxidation sites excluding steroid dienone is 1. The van der Waals surface area contributed by atoms with Crippen molar-refractivity contribution in [2.24, 2.45) is 0 Å². The molecule has 0 fully saturated rings. The second-order valence-corrected chi connectivity index (χ2v) is 2.99. The first-order valence-corrected chi connectivity index (χ1v) is 4.25. The van der Waals surface area contributed by atoms with Crippen molar-refractivity contribution < 1.29 is 4.39 Å². The van der Waals surface area contributed by atoms with Crippen LogP contribution in [0.1, 0.15) is 46.5 Å². The molecule has 0 amide bonds. The van der Waals surface area contributed by atoms with Crippen LogP contribution in [0, 0.1) is 0 Å². The van der Waals surface area contributed by atoms with E-state index in [9.17, 15) is 4.39 Å². The van der Waals surface area contributed by atoms with Gasteiger partial charge in [-0.15, -0.1) is 0 Å². The molecule has 0 nitrogen and oxygen atoms in total. The van der Waals surface area contributed by atoms with Gasteiger partial charge in [0.25, 0.3) is 0 Å². The number of halogens is 1. The van der Waals surface area contributed by atoms with E-state index in [1.165, 1.54) is 0 Å². The van der Waals surface area contributed by atoms with Gasteiger partial charge in [-0.1, -0.05) is 25.5 Å². The quantitative estimate of drug-likeness (QED) is 0.426. The van der Waals surface area contributed by atoms with Gasteiger partial charge in [-0.05, 0) is 25.8 Å². The second kappa shape index (κ2) is 6.18. The Labute approximate surface area is 68.8 Å². The van der Waals surface area contributed by atoms with Crippen LogP contribution in [0.3, 0.4) is 0 Å². The summed E-state index contributed by atoms with van der Waals surface area (Å²) in [5.41, 5.74) is 3.58. The van der Waals surface area contributed by atoms with Gasteiger partial charge in [0.1, 0.15) is 5.83 Å². The summed E-state index contributed by atoms with van der Waals surface area (Å²) in [6, 6.07) is 0. The summed E-state index contributed by atoms with van der Waals surface area (Å²) in [6.07, 6.45) is 3.75. The average molecular weight is 156 g/mol. The predicted octanol–water partition coefficient (Wildman–Crippen LogP) is 3.99. The van der Waals surface area contributed by atoms with Gasteiger partial charge in [-0.25, -0.2) is 4.39 Å². The number of unbranched alkanes of at least 4 members (excludes halogenated alkanes) is 2. The van der Waals surface area contributed by atoms with Crippen LogP contribution in [0.4, 0.5) is 4.39 Å². The van der Waals surface area contributed by atoms with Crippen molar-refractivity contribution in [2.75, 3.05) is 0 Å². The Morgan fingerprint density at radius 1 is 1.27 bits per heavy atom. The van der Waals surface area contributed by atoms with Gasteiger partial charge in [-0.3, -0.25) is 0 Å². The van der Waals surface area contributed by atoms with E-state index in [0.717, 1.165) is 24.8 Å². The molecule has 0 heterocycles. The smallest absolute Gasteiger partial charge is 0.142 e. The van der Waals surface area contributed by atoms with Crippen LogP contribution in [0.2, 0.25) is 0 Å². The molecule has 0 unspecified atom stereocenters. The molecule has 0 bridgehead atoms. The van der Waals surface area contributed by atoms with Gasteiger partial charge in [-0.2, -0.15) is 0 Å². The Kier molecular flexibility index (Phi) is 5.87. The van der Waals surface area contributed by atoms with Gasteiger partial charge in [0.05, 0.1) is 0 Å². The van der Waals surface area contributed by atoms with Gasteiger partial charge in [0.2, 0.25) is 0 Å². The lowest BCUT2D eigenvalue weighted by Gasteiger charge is -1.93. The van der Waals surface area contributed by atoms with Crippen LogP contribution < -0.4 is 0 Å². The Bertz CT molecular complexity index is 158. The first-order valence-electron chi connectivity index (χ1n) is 4.25. The Balaban J connectivity index is 3.69. The minimum absolute atomic E-state index is 0.0987. The summed E-state index contributed by atoms with van der Waals surface area (Å²) < 4.78 is 12.8. The van der Waals surface area contributed by atoms with Crippen molar-refractivity contribution in [3.63, 3.8) is 0 Å². The normalized spacial score (nSPS) is 9.09. The fraction of sp³-hybridized carbons (Fsp3) is 0.700. The standard InChI is InChI=1S/C10H17F/c1-4-5-6-7-10(11)8-9(2)3/h4-7H2,1-3H3. The number of hydrogen-bond acceptors (Lipinski definition) is 0. The highest BCUT2D eigenvalue weighted by atomic mass is 19.1. The molecule has 0 radical (unpaired) electrons. The van der Waals surface area contributed by atoms with Gasteiger partial charge in [0.15, 0.2) is 0 Å². The zero-order chi connectivity index (χ0) is 8.69. The molecule has 0 aliphatic rings. The van der Waals surface area contributed by atoms with E-state index < -0.39 is 0 Å². The molecule has 0 aromatic carbocycles. The molecular weight excluding hydrogens is 139 g/mol. The topological polar surface area (TPSA) is 0 Å². The third kappa shape index (κ3) is 7.35. The Morgan fingerprint density at radius 3 is 2.36 bits per heavy atom. The molecule has 64 valence electrons. The molecule has 0 aliphatic heterocycles. The number of rotatable bonds is 4. The van der Waals surface area contributed by atoms with Crippen molar-refractivity contribution in [2.45, 2.75) is 46.5 Å². The summed E-state index contributed by atoms with van der Waals surface area (Å²) in [5.74, 6) is -0.0987. The molecule has 0 aromatic rings. The minimum Gasteiger partial charge on any atom is -0.203 e. The highest BCUT2D eigenvalue weighted by Crippen LogP contribution is 2.09. The minimum atomic E-state index is -0.0987. The summed E-state index contributed by atoms with van der Waals surface area (Å²) in [7, 11) is 0. The van der Waals surface area contributed by atoms with E-state index in [0.29, 0.717) is 6.42 Å². The number of hydrogen-bond donors (Lipinski definition) is 0. The van der Waals surface area contributed by atoms with Crippen LogP contribution in [-0.4, -0.2) is 0 Å². The fourth-order valence-electron chi connectivity index (χ4n) is 0.864. The van der Waals surface area contributed by atoms with E-state index in [2.05, 4.69) is 12.7 Å². The second-order valence-electron chi connectivity index (χ2n) is 2.99. The highest BCUT2D eigenvalue weighted by Gasteiger charge is 1.92. The monoisotopic (exact) mass is 156 g/mol. The molecule has 1 heteroatoms. The first-order chi connectivity index (χ1) is 5.16. The van der Waals surface area contributed by atoms with Crippen LogP contribution in [0.15, 0.2) is 17.1 Å². The molecule has 0 atom stereocenters. The molecule has 0 N–H and O–H groups in total. The Hall–Kier alpha value is -0.550. The average Bonchev–Trinajstić information content (AvgIpc) is 1.86. The highest BCUT2D eigenvalue weighted by molar-refractivity contribution is 4.98. The SMILES string of the molecule is CCCCCC(F)=C=C(C)C. The Morgan fingerprint density at radius 2 is 1.91 bits per heavy atom. The van der Waals surface area contributed by atoms with E-state index in [1.54, 1.807) is 0 Å². The van der Waals surface area contributed by atoms with Crippen LogP contribution in [0.5, 0.6) is 0 Å². The maximum atomic E-state index is 12.8. The summed E-state index contributed by atoms with van der Waals surface area (Å²) >= 11 is 0. The van der Waals surface area contributed by atoms with E-state index in [4.69, 9.17) is 0 Å². The molecule has 0 spiro atoms. The van der Waals surface area contributed by atoms with Crippen molar-refractivity contribution >= 4 is 0 Å². The molecule has 0 aromatic heterocycles. The lowest BCUT2D eigenvalue weighted by molar-refractivity contribution is 0.561. The zero-order valence-corrected chi connectivity index (χ0v) is 7.71. The summed E-state index contributed by atoms with van der Waals surface area (Å²) in [4.78, 5) is 0. The third-order valence-corrected chi connectivity index (χ3v) is 1.39. The maximum Gasteiger partial charge on any atom is 0.142 e. The van der Waals surface area contributed by atoms with E-state index >= 15 is 0 Å². The van der Waals surface area contributed by atoms with Crippen LogP contribution >= 0.6 is 0 Å². The van der Waals surface area contributed by atoms with Gasteiger partial charge < -0.3 is 0 Å². The summed E-state index contributed by atoms with van der Waals surface area (Å²) in [5, 5.41) is 0. The zero-order valence-electron chi connectivity index (χ0n) is 7.71. The lowest BCUT2D eigenvalue weighted by atomic mass is 10.2.